The van der Waals surface area contributed by atoms with E-state index in [0.717, 1.165) is 31.4 Å². The van der Waals surface area contributed by atoms with Crippen LogP contribution in [0.3, 0.4) is 0 Å². The summed E-state index contributed by atoms with van der Waals surface area (Å²) in [4.78, 5) is 28.9. The minimum atomic E-state index is -0.362. The minimum absolute atomic E-state index is 0. The van der Waals surface area contributed by atoms with Crippen LogP contribution in [-0.2, 0) is 4.79 Å². The van der Waals surface area contributed by atoms with E-state index >= 15 is 0 Å². The normalized spacial score (nSPS) is 24.4. The SMILES string of the molecule is CCC1(C(=O)N2CCN(C(=O)c3ccsc3)CC2)CCCN1.Cl. The van der Waals surface area contributed by atoms with Crippen molar-refractivity contribution in [3.63, 3.8) is 0 Å². The lowest BCUT2D eigenvalue weighted by Gasteiger charge is -2.39. The van der Waals surface area contributed by atoms with Gasteiger partial charge in [0.2, 0.25) is 5.91 Å². The van der Waals surface area contributed by atoms with E-state index in [4.69, 9.17) is 0 Å². The van der Waals surface area contributed by atoms with Gasteiger partial charge < -0.3 is 15.1 Å². The maximum Gasteiger partial charge on any atom is 0.254 e. The first kappa shape index (κ1) is 18.2. The Kier molecular flexibility index (Phi) is 6.06. The van der Waals surface area contributed by atoms with Crippen LogP contribution in [0.15, 0.2) is 16.8 Å². The Bertz CT molecular complexity index is 536. The summed E-state index contributed by atoms with van der Waals surface area (Å²) in [6, 6.07) is 1.86. The first-order valence-electron chi connectivity index (χ1n) is 8.02. The molecule has 2 amide bonds. The van der Waals surface area contributed by atoms with Crippen LogP contribution in [0.4, 0.5) is 0 Å². The van der Waals surface area contributed by atoms with E-state index in [-0.39, 0.29) is 29.8 Å². The number of piperazine rings is 1. The maximum atomic E-state index is 12.8. The fourth-order valence-electron chi connectivity index (χ4n) is 3.43. The lowest BCUT2D eigenvalue weighted by molar-refractivity contribution is -0.139. The van der Waals surface area contributed by atoms with Crippen molar-refractivity contribution in [3.05, 3.63) is 22.4 Å². The number of carbonyl (C=O) groups is 2. The third-order valence-corrected chi connectivity index (χ3v) is 5.56. The van der Waals surface area contributed by atoms with E-state index < -0.39 is 0 Å². The molecule has 1 aromatic rings. The van der Waals surface area contributed by atoms with E-state index in [1.807, 2.05) is 26.6 Å². The molecule has 3 heterocycles. The number of amides is 2. The van der Waals surface area contributed by atoms with Gasteiger partial charge in [-0.15, -0.1) is 12.4 Å². The summed E-state index contributed by atoms with van der Waals surface area (Å²) in [5, 5.41) is 7.21. The van der Waals surface area contributed by atoms with Crippen LogP contribution in [0.25, 0.3) is 0 Å². The molecule has 7 heteroatoms. The van der Waals surface area contributed by atoms with Crippen LogP contribution in [-0.4, -0.2) is 59.9 Å². The lowest BCUT2D eigenvalue weighted by Crippen LogP contribution is -2.59. The molecule has 2 saturated heterocycles. The summed E-state index contributed by atoms with van der Waals surface area (Å²) in [5.41, 5.74) is 0.395. The van der Waals surface area contributed by atoms with Gasteiger partial charge in [0.05, 0.1) is 11.1 Å². The molecule has 1 atom stereocenters. The van der Waals surface area contributed by atoms with Crippen molar-refractivity contribution >= 4 is 35.6 Å². The standard InChI is InChI=1S/C16H23N3O2S.ClH/c1-2-16(5-3-6-17-16)15(21)19-9-7-18(8-10-19)14(20)13-4-11-22-12-13;/h4,11-12,17H,2-3,5-10H2,1H3;1H. The zero-order chi connectivity index (χ0) is 15.6. The molecule has 5 nitrogen and oxygen atoms in total. The van der Waals surface area contributed by atoms with E-state index in [9.17, 15) is 9.59 Å². The molecule has 128 valence electrons. The van der Waals surface area contributed by atoms with Gasteiger partial charge in [0.1, 0.15) is 0 Å². The van der Waals surface area contributed by atoms with E-state index in [1.54, 1.807) is 0 Å². The smallest absolute Gasteiger partial charge is 0.254 e. The molecule has 0 aromatic carbocycles. The first-order valence-corrected chi connectivity index (χ1v) is 8.96. The highest BCUT2D eigenvalue weighted by Gasteiger charge is 2.42. The van der Waals surface area contributed by atoms with Gasteiger partial charge in [-0.3, -0.25) is 9.59 Å². The number of nitrogens with zero attached hydrogens (tertiary/aromatic N) is 2. The number of hydrogen-bond donors (Lipinski definition) is 1. The van der Waals surface area contributed by atoms with Crippen LogP contribution in [0.5, 0.6) is 0 Å². The monoisotopic (exact) mass is 357 g/mol. The molecule has 1 unspecified atom stereocenters. The predicted octanol–water partition coefficient (Wildman–Crippen LogP) is 1.99. The van der Waals surface area contributed by atoms with Crippen LogP contribution < -0.4 is 5.32 Å². The minimum Gasteiger partial charge on any atom is -0.338 e. The van der Waals surface area contributed by atoms with Gasteiger partial charge in [0.25, 0.3) is 5.91 Å². The summed E-state index contributed by atoms with van der Waals surface area (Å²) in [6.07, 6.45) is 2.83. The molecular weight excluding hydrogens is 334 g/mol. The fraction of sp³-hybridized carbons (Fsp3) is 0.625. The van der Waals surface area contributed by atoms with Gasteiger partial charge in [0, 0.05) is 31.6 Å². The molecule has 0 bridgehead atoms. The number of carbonyl (C=O) groups excluding carboxylic acids is 2. The summed E-state index contributed by atoms with van der Waals surface area (Å²) in [5.74, 6) is 0.299. The third kappa shape index (κ3) is 3.54. The molecule has 0 radical (unpaired) electrons. The molecule has 2 aliphatic heterocycles. The Morgan fingerprint density at radius 3 is 2.48 bits per heavy atom. The molecule has 0 saturated carbocycles. The van der Waals surface area contributed by atoms with Crippen LogP contribution in [0, 0.1) is 0 Å². The second-order valence-corrected chi connectivity index (χ2v) is 6.84. The maximum absolute atomic E-state index is 12.8. The molecule has 3 rings (SSSR count). The highest BCUT2D eigenvalue weighted by Crippen LogP contribution is 2.26. The van der Waals surface area contributed by atoms with Gasteiger partial charge in [-0.2, -0.15) is 11.3 Å². The first-order chi connectivity index (χ1) is 10.7. The van der Waals surface area contributed by atoms with Gasteiger partial charge in [0.15, 0.2) is 0 Å². The molecule has 1 N–H and O–H groups in total. The van der Waals surface area contributed by atoms with Gasteiger partial charge in [-0.1, -0.05) is 6.92 Å². The average molecular weight is 358 g/mol. The molecule has 2 aliphatic rings. The van der Waals surface area contributed by atoms with E-state index in [2.05, 4.69) is 12.2 Å². The van der Waals surface area contributed by atoms with Crippen molar-refractivity contribution in [3.8, 4) is 0 Å². The zero-order valence-electron chi connectivity index (χ0n) is 13.4. The number of hydrogen-bond acceptors (Lipinski definition) is 4. The van der Waals surface area contributed by atoms with Crippen molar-refractivity contribution in [1.82, 2.24) is 15.1 Å². The number of nitrogens with one attached hydrogen (secondary N) is 1. The second-order valence-electron chi connectivity index (χ2n) is 6.06. The molecule has 0 spiro atoms. The number of thiophene rings is 1. The fourth-order valence-corrected chi connectivity index (χ4v) is 4.06. The Labute approximate surface area is 147 Å². The lowest BCUT2D eigenvalue weighted by atomic mass is 9.92. The molecule has 23 heavy (non-hydrogen) atoms. The van der Waals surface area contributed by atoms with Gasteiger partial charge in [-0.25, -0.2) is 0 Å². The molecular formula is C16H24ClN3O2S. The van der Waals surface area contributed by atoms with Crippen molar-refractivity contribution in [2.75, 3.05) is 32.7 Å². The quantitative estimate of drug-likeness (QED) is 0.900. The zero-order valence-corrected chi connectivity index (χ0v) is 15.0. The predicted molar refractivity (Wildman–Crippen MR) is 94.3 cm³/mol. The van der Waals surface area contributed by atoms with Crippen molar-refractivity contribution < 1.29 is 9.59 Å². The van der Waals surface area contributed by atoms with Crippen LogP contribution in [0.1, 0.15) is 36.5 Å². The van der Waals surface area contributed by atoms with E-state index in [0.29, 0.717) is 26.2 Å². The second kappa shape index (κ2) is 7.64. The van der Waals surface area contributed by atoms with Crippen molar-refractivity contribution in [2.45, 2.75) is 31.7 Å². The summed E-state index contributed by atoms with van der Waals surface area (Å²) < 4.78 is 0. The molecule has 2 fully saturated rings. The summed E-state index contributed by atoms with van der Waals surface area (Å²) in [6.45, 7) is 5.53. The highest BCUT2D eigenvalue weighted by molar-refractivity contribution is 7.08. The Morgan fingerprint density at radius 2 is 1.96 bits per heavy atom. The van der Waals surface area contributed by atoms with Gasteiger partial charge >= 0.3 is 0 Å². The Morgan fingerprint density at radius 1 is 1.26 bits per heavy atom. The number of rotatable bonds is 3. The topological polar surface area (TPSA) is 52.7 Å². The summed E-state index contributed by atoms with van der Waals surface area (Å²) in [7, 11) is 0. The third-order valence-electron chi connectivity index (χ3n) is 4.88. The van der Waals surface area contributed by atoms with Crippen molar-refractivity contribution in [1.29, 1.82) is 0 Å². The molecule has 0 aliphatic carbocycles. The number of halogens is 1. The molecule has 1 aromatic heterocycles. The van der Waals surface area contributed by atoms with Gasteiger partial charge in [-0.05, 0) is 37.3 Å². The van der Waals surface area contributed by atoms with Crippen LogP contribution in [0.2, 0.25) is 0 Å². The average Bonchev–Trinajstić information content (AvgIpc) is 3.25. The summed E-state index contributed by atoms with van der Waals surface area (Å²) >= 11 is 1.54. The highest BCUT2D eigenvalue weighted by atomic mass is 35.5. The largest absolute Gasteiger partial charge is 0.338 e. The Hall–Kier alpha value is -1.11. The van der Waals surface area contributed by atoms with Crippen molar-refractivity contribution in [2.24, 2.45) is 0 Å². The van der Waals surface area contributed by atoms with E-state index in [1.165, 1.54) is 11.3 Å². The Balaban J connectivity index is 0.00000192. The van der Waals surface area contributed by atoms with Crippen LogP contribution >= 0.6 is 23.7 Å².